The minimum absolute atomic E-state index is 0.00812. The number of aliphatic hydroxyl groups excluding tert-OH is 2. The first-order chi connectivity index (χ1) is 40.0. The van der Waals surface area contributed by atoms with Gasteiger partial charge in [0.25, 0.3) is 0 Å². The van der Waals surface area contributed by atoms with Gasteiger partial charge in [0.15, 0.2) is 0 Å². The number of aliphatic hydroxyl groups is 2. The van der Waals surface area contributed by atoms with Crippen LogP contribution in [0, 0.1) is 0 Å². The molecule has 0 rings (SSSR count). The van der Waals surface area contributed by atoms with Gasteiger partial charge in [-0.25, -0.2) is 0 Å². The molecule has 0 saturated heterocycles. The van der Waals surface area contributed by atoms with E-state index in [0.717, 1.165) is 44.9 Å². The van der Waals surface area contributed by atoms with Gasteiger partial charge in [-0.05, 0) is 77.0 Å². The molecule has 1 amide bonds. The Morgan fingerprint density at radius 1 is 0.333 bits per heavy atom. The summed E-state index contributed by atoms with van der Waals surface area (Å²) in [5.74, 6) is -0.0229. The Labute approximate surface area is 507 Å². The number of esters is 1. The number of hydrogen-bond donors (Lipinski definition) is 3. The lowest BCUT2D eigenvalue weighted by Crippen LogP contribution is -2.45. The van der Waals surface area contributed by atoms with E-state index in [1.54, 1.807) is 0 Å². The van der Waals surface area contributed by atoms with E-state index in [9.17, 15) is 19.8 Å². The van der Waals surface area contributed by atoms with Crippen molar-refractivity contribution in [3.05, 3.63) is 24.3 Å². The van der Waals surface area contributed by atoms with E-state index in [-0.39, 0.29) is 18.5 Å². The zero-order valence-corrected chi connectivity index (χ0v) is 55.0. The molecule has 0 aliphatic carbocycles. The maximum absolute atomic E-state index is 12.6. The fourth-order valence-corrected chi connectivity index (χ4v) is 11.8. The van der Waals surface area contributed by atoms with Gasteiger partial charge < -0.3 is 20.3 Å². The maximum Gasteiger partial charge on any atom is 0.305 e. The standard InChI is InChI=1S/C75H145NO5/c1-3-5-7-9-11-13-15-17-19-20-21-22-30-33-36-40-43-47-51-55-59-63-67-73(78)72(71-77)76-74(79)68-64-60-56-52-48-44-41-37-34-31-28-26-24-23-25-27-29-32-35-38-42-46-50-54-58-62-66-70-81-75(80)69-65-61-57-53-49-45-39-18-16-14-12-10-8-6-4-2/h18,23-24,39,72-73,77-78H,3-17,19-22,25-38,40-71H2,1-2H3,(H,76,79)/b24-23-,39-18-. The molecule has 2 unspecified atom stereocenters. The van der Waals surface area contributed by atoms with Crippen LogP contribution in [0.5, 0.6) is 0 Å². The SMILES string of the molecule is CCCCCCCC/C=C\CCCCCCCC(=O)OCCCCCCCCCCCCCC/C=C\CCCCCCCCCCCCCC(=O)NC(CO)C(O)CCCCCCCCCCCCCCCCCCCCCCCC. The second-order valence-corrected chi connectivity index (χ2v) is 25.6. The summed E-state index contributed by atoms with van der Waals surface area (Å²) in [7, 11) is 0. The van der Waals surface area contributed by atoms with Crippen molar-refractivity contribution < 1.29 is 24.5 Å². The molecule has 6 heteroatoms. The Morgan fingerprint density at radius 2 is 0.580 bits per heavy atom. The molecule has 0 heterocycles. The molecule has 0 saturated carbocycles. The first kappa shape index (κ1) is 79.3. The van der Waals surface area contributed by atoms with Crippen LogP contribution in [-0.4, -0.2) is 47.4 Å². The monoisotopic (exact) mass is 1140 g/mol. The van der Waals surface area contributed by atoms with Crippen LogP contribution < -0.4 is 5.32 Å². The summed E-state index contributed by atoms with van der Waals surface area (Å²) in [6, 6.07) is -0.543. The summed E-state index contributed by atoms with van der Waals surface area (Å²) in [5, 5.41) is 23.4. The summed E-state index contributed by atoms with van der Waals surface area (Å²) in [4.78, 5) is 24.6. The van der Waals surface area contributed by atoms with Gasteiger partial charge in [-0.3, -0.25) is 9.59 Å². The van der Waals surface area contributed by atoms with Crippen LogP contribution in [-0.2, 0) is 14.3 Å². The highest BCUT2D eigenvalue weighted by Crippen LogP contribution is 2.19. The summed E-state index contributed by atoms with van der Waals surface area (Å²) in [6.45, 7) is 4.99. The average molecular weight is 1140 g/mol. The third kappa shape index (κ3) is 67.3. The number of carbonyl (C=O) groups is 2. The quantitative estimate of drug-likeness (QED) is 0.0320. The van der Waals surface area contributed by atoms with Crippen LogP contribution in [0.1, 0.15) is 418 Å². The highest BCUT2D eigenvalue weighted by atomic mass is 16.5. The number of carbonyl (C=O) groups excluding carboxylic acids is 2. The van der Waals surface area contributed by atoms with Crippen molar-refractivity contribution in [3.63, 3.8) is 0 Å². The lowest BCUT2D eigenvalue weighted by molar-refractivity contribution is -0.143. The number of rotatable bonds is 70. The zero-order chi connectivity index (χ0) is 58.5. The Hall–Kier alpha value is -1.66. The number of allylic oxidation sites excluding steroid dienone is 4. The predicted molar refractivity (Wildman–Crippen MR) is 356 cm³/mol. The highest BCUT2D eigenvalue weighted by Gasteiger charge is 2.20. The minimum Gasteiger partial charge on any atom is -0.466 e. The molecule has 0 aliphatic heterocycles. The van der Waals surface area contributed by atoms with E-state index in [2.05, 4.69) is 43.5 Å². The van der Waals surface area contributed by atoms with E-state index in [4.69, 9.17) is 4.74 Å². The molecule has 6 nitrogen and oxygen atoms in total. The van der Waals surface area contributed by atoms with E-state index < -0.39 is 12.1 Å². The largest absolute Gasteiger partial charge is 0.466 e. The number of amides is 1. The van der Waals surface area contributed by atoms with Crippen molar-refractivity contribution >= 4 is 11.9 Å². The summed E-state index contributed by atoms with van der Waals surface area (Å²) in [6.07, 6.45) is 89.5. The highest BCUT2D eigenvalue weighted by molar-refractivity contribution is 5.76. The van der Waals surface area contributed by atoms with Crippen LogP contribution in [0.4, 0.5) is 0 Å². The van der Waals surface area contributed by atoms with E-state index in [0.29, 0.717) is 25.9 Å². The third-order valence-corrected chi connectivity index (χ3v) is 17.5. The smallest absolute Gasteiger partial charge is 0.305 e. The summed E-state index contributed by atoms with van der Waals surface area (Å²) < 4.78 is 5.49. The maximum atomic E-state index is 12.6. The van der Waals surface area contributed by atoms with Gasteiger partial charge >= 0.3 is 5.97 Å². The molecule has 3 N–H and O–H groups in total. The van der Waals surface area contributed by atoms with Crippen molar-refractivity contribution in [2.75, 3.05) is 13.2 Å². The van der Waals surface area contributed by atoms with Crippen LogP contribution in [0.25, 0.3) is 0 Å². The zero-order valence-electron chi connectivity index (χ0n) is 55.0. The molecule has 81 heavy (non-hydrogen) atoms. The molecular weight excluding hydrogens is 995 g/mol. The van der Waals surface area contributed by atoms with E-state index in [1.807, 2.05) is 0 Å². The molecule has 0 fully saturated rings. The van der Waals surface area contributed by atoms with Crippen LogP contribution in [0.15, 0.2) is 24.3 Å². The number of unbranched alkanes of at least 4 members (excludes halogenated alkanes) is 55. The second-order valence-electron chi connectivity index (χ2n) is 25.6. The summed E-state index contributed by atoms with van der Waals surface area (Å²) >= 11 is 0. The van der Waals surface area contributed by atoms with Gasteiger partial charge in [-0.2, -0.15) is 0 Å². The molecule has 0 spiro atoms. The molecule has 0 bridgehead atoms. The first-order valence-corrected chi connectivity index (χ1v) is 37.1. The van der Waals surface area contributed by atoms with Crippen molar-refractivity contribution in [3.8, 4) is 0 Å². The Kier molecular flexibility index (Phi) is 69.4. The van der Waals surface area contributed by atoms with Gasteiger partial charge in [0.05, 0.1) is 25.4 Å². The van der Waals surface area contributed by atoms with Crippen molar-refractivity contribution in [1.29, 1.82) is 0 Å². The average Bonchev–Trinajstić information content (AvgIpc) is 3.47. The Morgan fingerprint density at radius 3 is 0.877 bits per heavy atom. The molecule has 480 valence electrons. The normalized spacial score (nSPS) is 12.6. The topological polar surface area (TPSA) is 95.9 Å². The van der Waals surface area contributed by atoms with Crippen LogP contribution >= 0.6 is 0 Å². The van der Waals surface area contributed by atoms with Crippen LogP contribution in [0.3, 0.4) is 0 Å². The molecule has 2 atom stereocenters. The lowest BCUT2D eigenvalue weighted by atomic mass is 10.0. The fourth-order valence-electron chi connectivity index (χ4n) is 11.8. The first-order valence-electron chi connectivity index (χ1n) is 37.1. The van der Waals surface area contributed by atoms with E-state index >= 15 is 0 Å². The number of hydrogen-bond acceptors (Lipinski definition) is 5. The third-order valence-electron chi connectivity index (χ3n) is 17.5. The van der Waals surface area contributed by atoms with Gasteiger partial charge in [0.2, 0.25) is 5.91 Å². The molecule has 0 radical (unpaired) electrons. The fraction of sp³-hybridized carbons (Fsp3) is 0.920. The summed E-state index contributed by atoms with van der Waals surface area (Å²) in [5.41, 5.74) is 0. The number of nitrogens with one attached hydrogen (secondary N) is 1. The van der Waals surface area contributed by atoms with Gasteiger partial charge in [-0.15, -0.1) is 0 Å². The molecule has 0 aromatic carbocycles. The van der Waals surface area contributed by atoms with Crippen molar-refractivity contribution in [2.24, 2.45) is 0 Å². The number of ether oxygens (including phenoxy) is 1. The lowest BCUT2D eigenvalue weighted by Gasteiger charge is -2.22. The van der Waals surface area contributed by atoms with Gasteiger partial charge in [-0.1, -0.05) is 353 Å². The minimum atomic E-state index is -0.666. The molecular formula is C75H145NO5. The molecule has 0 aromatic rings. The molecule has 0 aliphatic rings. The van der Waals surface area contributed by atoms with Crippen LogP contribution in [0.2, 0.25) is 0 Å². The van der Waals surface area contributed by atoms with Crippen molar-refractivity contribution in [2.45, 2.75) is 431 Å². The van der Waals surface area contributed by atoms with Gasteiger partial charge in [0, 0.05) is 12.8 Å². The Bertz CT molecular complexity index is 1270. The Balaban J connectivity index is 3.38. The molecule has 0 aromatic heterocycles. The van der Waals surface area contributed by atoms with Crippen molar-refractivity contribution in [1.82, 2.24) is 5.32 Å². The van der Waals surface area contributed by atoms with Gasteiger partial charge in [0.1, 0.15) is 0 Å². The second kappa shape index (κ2) is 70.8. The van der Waals surface area contributed by atoms with E-state index in [1.165, 1.54) is 340 Å². The predicted octanol–water partition coefficient (Wildman–Crippen LogP) is 24.1.